The summed E-state index contributed by atoms with van der Waals surface area (Å²) < 4.78 is 22.1. The minimum Gasteiger partial charge on any atom is -0.510 e. The number of benzene rings is 1. The van der Waals surface area contributed by atoms with Gasteiger partial charge < -0.3 is 5.11 Å². The Balaban J connectivity index is 3.02. The molecule has 0 saturated carbocycles. The van der Waals surface area contributed by atoms with Crippen molar-refractivity contribution in [3.63, 3.8) is 0 Å². The lowest BCUT2D eigenvalue weighted by atomic mass is 10.3. The molecule has 0 aliphatic heterocycles. The standard InChI is InChI=1S/C11H13N3O4S/c1-7(15)11(8(2)16)14-13-9-3-5-10(6-4-9)19(12,17)18/h3-6,15H,1-2H3,(H2,12,17,18)/b11-7+,14-13?. The summed E-state index contributed by atoms with van der Waals surface area (Å²) in [5.74, 6) is -0.665. The fourth-order valence-electron chi connectivity index (χ4n) is 1.21. The van der Waals surface area contributed by atoms with Crippen molar-refractivity contribution in [1.82, 2.24) is 0 Å². The fourth-order valence-corrected chi connectivity index (χ4v) is 1.72. The van der Waals surface area contributed by atoms with Crippen LogP contribution in [0.2, 0.25) is 0 Å². The normalized spacial score (nSPS) is 13.4. The molecule has 0 saturated heterocycles. The first-order valence-corrected chi connectivity index (χ1v) is 6.72. The number of ketones is 1. The topological polar surface area (TPSA) is 122 Å². The highest BCUT2D eigenvalue weighted by Gasteiger charge is 2.08. The molecule has 7 nitrogen and oxygen atoms in total. The molecule has 0 heterocycles. The number of rotatable bonds is 4. The van der Waals surface area contributed by atoms with Crippen LogP contribution in [-0.4, -0.2) is 19.3 Å². The van der Waals surface area contributed by atoms with Gasteiger partial charge in [0, 0.05) is 6.92 Å². The van der Waals surface area contributed by atoms with Crippen LogP contribution in [0.3, 0.4) is 0 Å². The lowest BCUT2D eigenvalue weighted by molar-refractivity contribution is -0.113. The van der Waals surface area contributed by atoms with Crippen molar-refractivity contribution in [2.24, 2.45) is 15.4 Å². The Morgan fingerprint density at radius 1 is 1.21 bits per heavy atom. The van der Waals surface area contributed by atoms with E-state index < -0.39 is 15.8 Å². The maximum absolute atomic E-state index is 11.1. The van der Waals surface area contributed by atoms with Crippen LogP contribution in [-0.2, 0) is 14.8 Å². The molecule has 0 aliphatic rings. The van der Waals surface area contributed by atoms with Gasteiger partial charge in [0.25, 0.3) is 0 Å². The molecule has 0 fully saturated rings. The Hall–Kier alpha value is -2.06. The van der Waals surface area contributed by atoms with Crippen molar-refractivity contribution < 1.29 is 18.3 Å². The molecule has 0 aliphatic carbocycles. The van der Waals surface area contributed by atoms with E-state index in [9.17, 15) is 18.3 Å². The summed E-state index contributed by atoms with van der Waals surface area (Å²) in [5.41, 5.74) is 0.169. The van der Waals surface area contributed by atoms with E-state index in [1.54, 1.807) is 0 Å². The second kappa shape index (κ2) is 5.72. The van der Waals surface area contributed by atoms with Gasteiger partial charge in [-0.25, -0.2) is 13.6 Å². The Labute approximate surface area is 110 Å². The van der Waals surface area contributed by atoms with Crippen molar-refractivity contribution in [2.45, 2.75) is 18.7 Å². The number of sulfonamides is 1. The predicted octanol–water partition coefficient (Wildman–Crippen LogP) is 1.80. The van der Waals surface area contributed by atoms with E-state index in [0.29, 0.717) is 5.69 Å². The van der Waals surface area contributed by atoms with Gasteiger partial charge in [-0.2, -0.15) is 5.11 Å². The number of nitrogens with two attached hydrogens (primary N) is 1. The van der Waals surface area contributed by atoms with Gasteiger partial charge in [0.05, 0.1) is 10.6 Å². The van der Waals surface area contributed by atoms with E-state index in [2.05, 4.69) is 10.2 Å². The van der Waals surface area contributed by atoms with E-state index in [1.807, 2.05) is 0 Å². The predicted molar refractivity (Wildman–Crippen MR) is 68.3 cm³/mol. The molecule has 102 valence electrons. The number of aliphatic hydroxyl groups excluding tert-OH is 1. The lowest BCUT2D eigenvalue weighted by Gasteiger charge is -1.99. The van der Waals surface area contributed by atoms with Gasteiger partial charge >= 0.3 is 0 Å². The Morgan fingerprint density at radius 2 is 1.74 bits per heavy atom. The number of hydrogen-bond acceptors (Lipinski definition) is 6. The van der Waals surface area contributed by atoms with Crippen molar-refractivity contribution >= 4 is 21.5 Å². The number of allylic oxidation sites excluding steroid dienone is 2. The third kappa shape index (κ3) is 4.27. The summed E-state index contributed by atoms with van der Waals surface area (Å²) in [4.78, 5) is 11.1. The van der Waals surface area contributed by atoms with E-state index in [-0.39, 0.29) is 16.4 Å². The van der Waals surface area contributed by atoms with Gasteiger partial charge in [0.1, 0.15) is 5.76 Å². The SMILES string of the molecule is CC(=O)/C(N=Nc1ccc(S(N)(=O)=O)cc1)=C(/C)O. The largest absolute Gasteiger partial charge is 0.510 e. The molecule has 3 N–H and O–H groups in total. The number of carbonyl (C=O) groups is 1. The van der Waals surface area contributed by atoms with Crippen LogP contribution in [0.25, 0.3) is 0 Å². The zero-order valence-electron chi connectivity index (χ0n) is 10.4. The summed E-state index contributed by atoms with van der Waals surface area (Å²) >= 11 is 0. The molecular weight excluding hydrogens is 270 g/mol. The van der Waals surface area contributed by atoms with Crippen LogP contribution in [0.5, 0.6) is 0 Å². The molecule has 0 atom stereocenters. The second-order valence-electron chi connectivity index (χ2n) is 3.73. The molecule has 19 heavy (non-hydrogen) atoms. The molecule has 1 aromatic carbocycles. The summed E-state index contributed by atoms with van der Waals surface area (Å²) in [7, 11) is -3.75. The van der Waals surface area contributed by atoms with Crippen molar-refractivity contribution in [3.05, 3.63) is 35.7 Å². The number of azo groups is 1. The number of carbonyl (C=O) groups excluding carboxylic acids is 1. The third-order valence-electron chi connectivity index (χ3n) is 2.11. The lowest BCUT2D eigenvalue weighted by Crippen LogP contribution is -2.11. The molecule has 0 amide bonds. The highest BCUT2D eigenvalue weighted by molar-refractivity contribution is 7.89. The average molecular weight is 283 g/mol. The first-order chi connectivity index (χ1) is 8.71. The van der Waals surface area contributed by atoms with Crippen LogP contribution in [0.15, 0.2) is 50.8 Å². The summed E-state index contributed by atoms with van der Waals surface area (Å²) in [5, 5.41) is 21.5. The number of primary sulfonamides is 1. The molecule has 0 radical (unpaired) electrons. The number of Topliss-reactive ketones (excluding diaryl/α,β-unsaturated/α-hetero) is 1. The van der Waals surface area contributed by atoms with Crippen molar-refractivity contribution in [1.29, 1.82) is 0 Å². The molecule has 0 aromatic heterocycles. The van der Waals surface area contributed by atoms with Crippen molar-refractivity contribution in [2.75, 3.05) is 0 Å². The molecule has 0 spiro atoms. The Morgan fingerprint density at radius 3 is 2.11 bits per heavy atom. The van der Waals surface area contributed by atoms with Crippen molar-refractivity contribution in [3.8, 4) is 0 Å². The van der Waals surface area contributed by atoms with Crippen LogP contribution in [0, 0.1) is 0 Å². The van der Waals surface area contributed by atoms with E-state index >= 15 is 0 Å². The summed E-state index contributed by atoms with van der Waals surface area (Å²) in [6, 6.07) is 5.31. The Kier molecular flexibility index (Phi) is 4.52. The number of aliphatic hydroxyl groups is 1. The van der Waals surface area contributed by atoms with E-state index in [0.717, 1.165) is 0 Å². The first kappa shape index (κ1) is 15.0. The third-order valence-corrected chi connectivity index (χ3v) is 3.04. The van der Waals surface area contributed by atoms with Gasteiger partial charge in [0.2, 0.25) is 10.0 Å². The highest BCUT2D eigenvalue weighted by atomic mass is 32.2. The van der Waals surface area contributed by atoms with Gasteiger partial charge in [-0.05, 0) is 31.2 Å². The minimum atomic E-state index is -3.75. The Bertz CT molecular complexity index is 641. The van der Waals surface area contributed by atoms with Gasteiger partial charge in [-0.15, -0.1) is 5.11 Å². The van der Waals surface area contributed by atoms with Crippen LogP contribution in [0.4, 0.5) is 5.69 Å². The molecule has 0 bridgehead atoms. The zero-order valence-corrected chi connectivity index (χ0v) is 11.2. The summed E-state index contributed by atoms with van der Waals surface area (Å²) in [6.07, 6.45) is 0. The quantitative estimate of drug-likeness (QED) is 0.496. The van der Waals surface area contributed by atoms with Crippen LogP contribution >= 0.6 is 0 Å². The number of hydrogen-bond donors (Lipinski definition) is 2. The highest BCUT2D eigenvalue weighted by Crippen LogP contribution is 2.17. The average Bonchev–Trinajstić information content (AvgIpc) is 2.27. The van der Waals surface area contributed by atoms with Gasteiger partial charge in [-0.3, -0.25) is 4.79 Å². The zero-order chi connectivity index (χ0) is 14.6. The van der Waals surface area contributed by atoms with Crippen LogP contribution in [0.1, 0.15) is 13.8 Å². The fraction of sp³-hybridized carbons (Fsp3) is 0.182. The number of nitrogens with zero attached hydrogens (tertiary/aromatic N) is 2. The monoisotopic (exact) mass is 283 g/mol. The molecule has 8 heteroatoms. The van der Waals surface area contributed by atoms with Crippen LogP contribution < -0.4 is 5.14 Å². The molecule has 0 unspecified atom stereocenters. The molecule has 1 rings (SSSR count). The maximum atomic E-state index is 11.1. The molecular formula is C11H13N3O4S. The second-order valence-corrected chi connectivity index (χ2v) is 5.29. The van der Waals surface area contributed by atoms with E-state index in [1.165, 1.54) is 38.1 Å². The van der Waals surface area contributed by atoms with Gasteiger partial charge in [-0.1, -0.05) is 0 Å². The smallest absolute Gasteiger partial charge is 0.238 e. The minimum absolute atomic E-state index is 0.0490. The van der Waals surface area contributed by atoms with E-state index in [4.69, 9.17) is 5.14 Å². The molecule has 1 aromatic rings. The van der Waals surface area contributed by atoms with Gasteiger partial charge in [0.15, 0.2) is 11.5 Å². The first-order valence-electron chi connectivity index (χ1n) is 5.17. The maximum Gasteiger partial charge on any atom is 0.238 e. The summed E-state index contributed by atoms with van der Waals surface area (Å²) in [6.45, 7) is 2.57.